The Morgan fingerprint density at radius 3 is 2.68 bits per heavy atom. The van der Waals surface area contributed by atoms with Gasteiger partial charge in [-0.2, -0.15) is 5.10 Å². The van der Waals surface area contributed by atoms with Crippen LogP contribution >= 0.6 is 0 Å². The fraction of sp³-hybridized carbons (Fsp3) is 0.667. The molecule has 0 bridgehead atoms. The number of aryl methyl sites for hydroxylation is 2. The van der Waals surface area contributed by atoms with Crippen LogP contribution in [0.2, 0.25) is 0 Å². The van der Waals surface area contributed by atoms with Crippen LogP contribution in [0.3, 0.4) is 0 Å². The number of nitrogens with zero attached hydrogens (tertiary/aromatic N) is 3. The fourth-order valence-electron chi connectivity index (χ4n) is 2.79. The highest BCUT2D eigenvalue weighted by atomic mass is 16.5. The van der Waals surface area contributed by atoms with Gasteiger partial charge in [0.1, 0.15) is 0 Å². The molecule has 1 saturated heterocycles. The molecule has 2 amide bonds. The van der Waals surface area contributed by atoms with Gasteiger partial charge in [-0.15, -0.1) is 0 Å². The van der Waals surface area contributed by atoms with Crippen molar-refractivity contribution in [2.75, 3.05) is 19.7 Å². The van der Waals surface area contributed by atoms with E-state index >= 15 is 0 Å². The zero-order valence-corrected chi connectivity index (χ0v) is 13.7. The minimum Gasteiger partial charge on any atom is -0.367 e. The van der Waals surface area contributed by atoms with Crippen molar-refractivity contribution in [3.8, 4) is 0 Å². The minimum absolute atomic E-state index is 0.117. The highest BCUT2D eigenvalue weighted by molar-refractivity contribution is 5.97. The van der Waals surface area contributed by atoms with Gasteiger partial charge in [0.15, 0.2) is 5.60 Å². The Balaban J connectivity index is 2.27. The van der Waals surface area contributed by atoms with Crippen molar-refractivity contribution in [2.45, 2.75) is 46.3 Å². The lowest BCUT2D eigenvalue weighted by Gasteiger charge is -2.38. The number of hydrogen-bond donors (Lipinski definition) is 1. The van der Waals surface area contributed by atoms with Gasteiger partial charge in [-0.05, 0) is 27.2 Å². The number of morpholine rings is 1. The number of aromatic nitrogens is 2. The van der Waals surface area contributed by atoms with Crippen LogP contribution < -0.4 is 5.73 Å². The lowest BCUT2D eigenvalue weighted by molar-refractivity contribution is -0.150. The van der Waals surface area contributed by atoms with Crippen LogP contribution in [0.25, 0.3) is 0 Å². The van der Waals surface area contributed by atoms with E-state index in [2.05, 4.69) is 12.0 Å². The van der Waals surface area contributed by atoms with Crippen molar-refractivity contribution in [2.24, 2.45) is 5.73 Å². The number of rotatable bonds is 4. The second kappa shape index (κ2) is 6.08. The molecule has 0 unspecified atom stereocenters. The summed E-state index contributed by atoms with van der Waals surface area (Å²) in [5, 5.41) is 4.43. The molecule has 1 atom stereocenters. The molecule has 2 N–H and O–H groups in total. The molecule has 1 aliphatic heterocycles. The zero-order valence-electron chi connectivity index (χ0n) is 13.7. The average molecular weight is 308 g/mol. The van der Waals surface area contributed by atoms with E-state index < -0.39 is 11.5 Å². The van der Waals surface area contributed by atoms with Crippen LogP contribution in [0, 0.1) is 13.8 Å². The van der Waals surface area contributed by atoms with E-state index in [0.717, 1.165) is 18.7 Å². The molecule has 0 spiro atoms. The largest absolute Gasteiger partial charge is 0.367 e. The Morgan fingerprint density at radius 1 is 1.41 bits per heavy atom. The second-order valence-electron chi connectivity index (χ2n) is 5.94. The maximum absolute atomic E-state index is 12.8. The van der Waals surface area contributed by atoms with Gasteiger partial charge in [-0.1, -0.05) is 6.92 Å². The summed E-state index contributed by atoms with van der Waals surface area (Å²) in [6.45, 7) is 9.11. The lowest BCUT2D eigenvalue weighted by Crippen LogP contribution is -2.58. The summed E-state index contributed by atoms with van der Waals surface area (Å²) in [6.07, 6.45) is 0.951. The summed E-state index contributed by atoms with van der Waals surface area (Å²) in [4.78, 5) is 26.0. The molecule has 0 radical (unpaired) electrons. The summed E-state index contributed by atoms with van der Waals surface area (Å²) in [5.74, 6) is -0.673. The van der Waals surface area contributed by atoms with E-state index in [0.29, 0.717) is 24.4 Å². The summed E-state index contributed by atoms with van der Waals surface area (Å²) >= 11 is 0. The summed E-state index contributed by atoms with van der Waals surface area (Å²) in [7, 11) is 0. The second-order valence-corrected chi connectivity index (χ2v) is 5.94. The van der Waals surface area contributed by atoms with Gasteiger partial charge in [0.25, 0.3) is 11.8 Å². The predicted molar refractivity (Wildman–Crippen MR) is 81.4 cm³/mol. The smallest absolute Gasteiger partial charge is 0.257 e. The van der Waals surface area contributed by atoms with Crippen LogP contribution in [0.4, 0.5) is 0 Å². The molecular weight excluding hydrogens is 284 g/mol. The highest BCUT2D eigenvalue weighted by Crippen LogP contribution is 2.22. The van der Waals surface area contributed by atoms with Gasteiger partial charge in [0.05, 0.1) is 24.4 Å². The Morgan fingerprint density at radius 2 is 2.09 bits per heavy atom. The number of nitrogens with two attached hydrogens (primary N) is 1. The Hall–Kier alpha value is -1.89. The van der Waals surface area contributed by atoms with E-state index in [-0.39, 0.29) is 12.5 Å². The first kappa shape index (κ1) is 16.5. The summed E-state index contributed by atoms with van der Waals surface area (Å²) < 4.78 is 7.32. The average Bonchev–Trinajstić information content (AvgIpc) is 2.73. The lowest BCUT2D eigenvalue weighted by atomic mass is 10.0. The van der Waals surface area contributed by atoms with E-state index in [1.165, 1.54) is 0 Å². The monoisotopic (exact) mass is 308 g/mol. The fourth-order valence-corrected chi connectivity index (χ4v) is 2.79. The van der Waals surface area contributed by atoms with Gasteiger partial charge in [-0.3, -0.25) is 14.3 Å². The van der Waals surface area contributed by atoms with Crippen molar-refractivity contribution in [3.63, 3.8) is 0 Å². The highest BCUT2D eigenvalue weighted by Gasteiger charge is 2.40. The predicted octanol–water partition coefficient (Wildman–Crippen LogP) is 0.626. The maximum atomic E-state index is 12.8. The molecule has 22 heavy (non-hydrogen) atoms. The first-order valence-electron chi connectivity index (χ1n) is 7.57. The van der Waals surface area contributed by atoms with Gasteiger partial charge in [0.2, 0.25) is 0 Å². The molecule has 7 heteroatoms. The van der Waals surface area contributed by atoms with E-state index in [1.807, 2.05) is 18.5 Å². The third-order valence-electron chi connectivity index (χ3n) is 4.11. The first-order chi connectivity index (χ1) is 10.3. The Kier molecular flexibility index (Phi) is 4.55. The van der Waals surface area contributed by atoms with Crippen molar-refractivity contribution in [1.29, 1.82) is 0 Å². The normalized spacial score (nSPS) is 21.9. The molecule has 122 valence electrons. The topological polar surface area (TPSA) is 90.4 Å². The van der Waals surface area contributed by atoms with E-state index in [9.17, 15) is 9.59 Å². The van der Waals surface area contributed by atoms with Crippen molar-refractivity contribution < 1.29 is 14.3 Å². The van der Waals surface area contributed by atoms with Gasteiger partial charge >= 0.3 is 0 Å². The molecule has 1 aromatic heterocycles. The molecule has 1 aliphatic rings. The van der Waals surface area contributed by atoms with Crippen LogP contribution in [-0.2, 0) is 16.1 Å². The molecule has 0 aromatic carbocycles. The van der Waals surface area contributed by atoms with Crippen LogP contribution in [0.5, 0.6) is 0 Å². The Bertz CT molecular complexity index is 596. The molecule has 0 saturated carbocycles. The molecule has 2 rings (SSSR count). The Labute approximate surface area is 130 Å². The van der Waals surface area contributed by atoms with E-state index in [1.54, 1.807) is 11.8 Å². The number of primary amides is 1. The summed E-state index contributed by atoms with van der Waals surface area (Å²) in [6, 6.07) is 0. The minimum atomic E-state index is -1.13. The molecule has 0 aliphatic carbocycles. The number of carbonyl (C=O) groups excluding carboxylic acids is 2. The van der Waals surface area contributed by atoms with Crippen LogP contribution in [0.1, 0.15) is 42.0 Å². The number of ether oxygens (including phenoxy) is 1. The first-order valence-corrected chi connectivity index (χ1v) is 7.57. The van der Waals surface area contributed by atoms with Gasteiger partial charge in [0, 0.05) is 18.8 Å². The van der Waals surface area contributed by atoms with Crippen molar-refractivity contribution >= 4 is 11.8 Å². The quantitative estimate of drug-likeness (QED) is 0.883. The van der Waals surface area contributed by atoms with Crippen molar-refractivity contribution in [3.05, 3.63) is 17.0 Å². The zero-order chi connectivity index (χ0) is 16.5. The molecule has 7 nitrogen and oxygen atoms in total. The molecular formula is C15H24N4O3. The maximum Gasteiger partial charge on any atom is 0.257 e. The van der Waals surface area contributed by atoms with Crippen LogP contribution in [-0.4, -0.2) is 51.8 Å². The van der Waals surface area contributed by atoms with E-state index in [4.69, 9.17) is 10.5 Å². The third kappa shape index (κ3) is 2.85. The standard InChI is InChI=1S/C15H24N4O3/c1-5-6-19-11(3)12(10(2)17-19)13(20)18-7-8-22-15(4,9-18)14(16)21/h5-9H2,1-4H3,(H2,16,21)/t15-/m1/s1. The van der Waals surface area contributed by atoms with Crippen molar-refractivity contribution in [1.82, 2.24) is 14.7 Å². The van der Waals surface area contributed by atoms with Crippen LogP contribution in [0.15, 0.2) is 0 Å². The third-order valence-corrected chi connectivity index (χ3v) is 4.11. The van der Waals surface area contributed by atoms with Gasteiger partial charge in [-0.25, -0.2) is 0 Å². The number of carbonyl (C=O) groups is 2. The van der Waals surface area contributed by atoms with Gasteiger partial charge < -0.3 is 15.4 Å². The number of amides is 2. The molecule has 2 heterocycles. The molecule has 1 fully saturated rings. The summed E-state index contributed by atoms with van der Waals surface area (Å²) in [5.41, 5.74) is 6.44. The number of hydrogen-bond acceptors (Lipinski definition) is 4. The molecule has 1 aromatic rings. The SMILES string of the molecule is CCCn1nc(C)c(C(=O)N2CCO[C@@](C)(C(N)=O)C2)c1C.